The molecule has 210 valence electrons. The lowest BCUT2D eigenvalue weighted by Crippen LogP contribution is -2.71. The number of β-lactam (4-membered cyclic amide) rings is 1. The number of fused-ring (bicyclic) bond motifs is 1. The van der Waals surface area contributed by atoms with Gasteiger partial charge in [0.15, 0.2) is 21.8 Å². The molecule has 0 aromatic carbocycles. The molecule has 4 heterocycles. The number of carbonyl (C=O) groups excluding carboxylic acids is 2. The van der Waals surface area contributed by atoms with Gasteiger partial charge < -0.3 is 26.1 Å². The molecule has 4 rings (SSSR count). The van der Waals surface area contributed by atoms with Crippen LogP contribution in [0.1, 0.15) is 16.3 Å². The van der Waals surface area contributed by atoms with Gasteiger partial charge in [-0.2, -0.15) is 0 Å². The van der Waals surface area contributed by atoms with Gasteiger partial charge in [0, 0.05) is 16.4 Å². The molecule has 1 fully saturated rings. The SMILES string of the molecule is C#CCON=C(C(=O)NC1C(=O)N2C(C(=O)O)=C(CSc3nc(C)c(CC(=O)O)s3)CS[C@H]12)c1nc(N)sc1Cl. The Labute approximate surface area is 248 Å². The van der Waals surface area contributed by atoms with Gasteiger partial charge in [-0.25, -0.2) is 14.8 Å². The van der Waals surface area contributed by atoms with Crippen molar-refractivity contribution in [1.82, 2.24) is 20.2 Å². The number of thioether (sulfide) groups is 2. The average Bonchev–Trinajstić information content (AvgIpc) is 3.41. The molecule has 2 amide bonds. The summed E-state index contributed by atoms with van der Waals surface area (Å²) >= 11 is 10.8. The monoisotopic (exact) mass is 642 g/mol. The minimum Gasteiger partial charge on any atom is -0.481 e. The van der Waals surface area contributed by atoms with Crippen molar-refractivity contribution in [2.75, 3.05) is 23.8 Å². The quantitative estimate of drug-likeness (QED) is 0.0691. The van der Waals surface area contributed by atoms with Gasteiger partial charge in [0.05, 0.1) is 12.1 Å². The number of terminal acetylenes is 1. The van der Waals surface area contributed by atoms with Crippen LogP contribution < -0.4 is 11.1 Å². The Hall–Kier alpha value is -3.30. The molecule has 0 radical (unpaired) electrons. The third-order valence-electron chi connectivity index (χ3n) is 5.44. The summed E-state index contributed by atoms with van der Waals surface area (Å²) < 4.78 is 0.673. The van der Waals surface area contributed by atoms with Crippen LogP contribution in [0.2, 0.25) is 4.34 Å². The second-order valence-electron chi connectivity index (χ2n) is 8.06. The Kier molecular flexibility index (Phi) is 9.26. The van der Waals surface area contributed by atoms with Gasteiger partial charge in [0.1, 0.15) is 27.1 Å². The van der Waals surface area contributed by atoms with Crippen LogP contribution in [0.4, 0.5) is 5.13 Å². The first kappa shape index (κ1) is 29.7. The van der Waals surface area contributed by atoms with Crippen molar-refractivity contribution >= 4 is 92.4 Å². The summed E-state index contributed by atoms with van der Waals surface area (Å²) in [5.74, 6) is -0.987. The van der Waals surface area contributed by atoms with Crippen LogP contribution >= 0.6 is 57.8 Å². The molecule has 2 aromatic heterocycles. The van der Waals surface area contributed by atoms with Gasteiger partial charge in [0.25, 0.3) is 11.8 Å². The summed E-state index contributed by atoms with van der Waals surface area (Å²) in [6.07, 6.45) is 5.01. The number of oxime groups is 1. The minimum absolute atomic E-state index is 0.0482. The number of rotatable bonds is 11. The minimum atomic E-state index is -1.28. The lowest BCUT2D eigenvalue weighted by atomic mass is 10.0. The number of aromatic nitrogens is 2. The Morgan fingerprint density at radius 2 is 2.10 bits per heavy atom. The predicted octanol–water partition coefficient (Wildman–Crippen LogP) is 1.66. The summed E-state index contributed by atoms with van der Waals surface area (Å²) in [6, 6.07) is -1.05. The highest BCUT2D eigenvalue weighted by molar-refractivity contribution is 8.01. The number of nitrogens with two attached hydrogens (primary N) is 1. The first-order valence-corrected chi connectivity index (χ1v) is 15.1. The van der Waals surface area contributed by atoms with Crippen LogP contribution in [-0.4, -0.2) is 84.1 Å². The molecule has 40 heavy (non-hydrogen) atoms. The van der Waals surface area contributed by atoms with E-state index in [0.29, 0.717) is 20.5 Å². The molecule has 13 nitrogen and oxygen atoms in total. The number of nitrogens with zero attached hydrogens (tertiary/aromatic N) is 4. The number of carboxylic acids is 2. The summed E-state index contributed by atoms with van der Waals surface area (Å²) in [6.45, 7) is 1.47. The van der Waals surface area contributed by atoms with E-state index in [4.69, 9.17) is 33.7 Å². The number of carboxylic acid groups (broad SMARTS) is 2. The molecular weight excluding hydrogens is 624 g/mol. The molecule has 18 heteroatoms. The largest absolute Gasteiger partial charge is 0.481 e. The Morgan fingerprint density at radius 1 is 1.35 bits per heavy atom. The second kappa shape index (κ2) is 12.5. The zero-order valence-electron chi connectivity index (χ0n) is 20.4. The first-order chi connectivity index (χ1) is 19.0. The zero-order valence-corrected chi connectivity index (χ0v) is 24.4. The summed E-state index contributed by atoms with van der Waals surface area (Å²) in [5.41, 5.74) is 6.23. The second-order valence-corrected chi connectivity index (χ2v) is 13.1. The number of nitrogen functional groups attached to an aromatic ring is 1. The number of amides is 2. The number of hydrogen-bond acceptors (Lipinski definition) is 13. The summed E-state index contributed by atoms with van der Waals surface area (Å²) in [7, 11) is 0. The van der Waals surface area contributed by atoms with Crippen molar-refractivity contribution in [2.24, 2.45) is 5.16 Å². The van der Waals surface area contributed by atoms with E-state index in [0.717, 1.165) is 16.2 Å². The van der Waals surface area contributed by atoms with E-state index in [1.165, 1.54) is 34.9 Å². The molecule has 0 aliphatic carbocycles. The summed E-state index contributed by atoms with van der Waals surface area (Å²) in [5, 5.41) is 24.7. The molecule has 2 atom stereocenters. The van der Waals surface area contributed by atoms with Gasteiger partial charge in [-0.15, -0.1) is 29.5 Å². The average molecular weight is 643 g/mol. The van der Waals surface area contributed by atoms with Crippen LogP contribution in [-0.2, 0) is 30.4 Å². The smallest absolute Gasteiger partial charge is 0.352 e. The Balaban J connectivity index is 1.49. The number of halogens is 1. The number of aliphatic carboxylic acids is 2. The van der Waals surface area contributed by atoms with E-state index in [1.54, 1.807) is 6.92 Å². The fourth-order valence-electron chi connectivity index (χ4n) is 3.71. The van der Waals surface area contributed by atoms with Crippen molar-refractivity contribution in [1.29, 1.82) is 0 Å². The van der Waals surface area contributed by atoms with Crippen LogP contribution in [0, 0.1) is 19.3 Å². The Bertz CT molecular complexity index is 1500. The highest BCUT2D eigenvalue weighted by atomic mass is 35.5. The molecule has 2 aliphatic heterocycles. The van der Waals surface area contributed by atoms with E-state index in [1.807, 2.05) is 0 Å². The van der Waals surface area contributed by atoms with Crippen molar-refractivity contribution < 1.29 is 34.2 Å². The third-order valence-corrected chi connectivity index (χ3v) is 10.2. The van der Waals surface area contributed by atoms with Gasteiger partial charge in [-0.1, -0.05) is 45.8 Å². The molecule has 0 bridgehead atoms. The van der Waals surface area contributed by atoms with Gasteiger partial charge in [-0.05, 0) is 12.5 Å². The lowest BCUT2D eigenvalue weighted by Gasteiger charge is -2.49. The fraction of sp³-hybridized carbons (Fsp3) is 0.318. The van der Waals surface area contributed by atoms with Crippen molar-refractivity contribution in [3.8, 4) is 12.3 Å². The van der Waals surface area contributed by atoms with Gasteiger partial charge in [0.2, 0.25) is 0 Å². The van der Waals surface area contributed by atoms with E-state index < -0.39 is 35.2 Å². The molecule has 0 saturated carbocycles. The molecule has 0 spiro atoms. The van der Waals surface area contributed by atoms with E-state index in [2.05, 4.69) is 26.4 Å². The number of hydrogen-bond donors (Lipinski definition) is 4. The predicted molar refractivity (Wildman–Crippen MR) is 151 cm³/mol. The number of thiazole rings is 2. The number of nitrogens with one attached hydrogen (secondary N) is 1. The van der Waals surface area contributed by atoms with Crippen molar-refractivity contribution in [3.63, 3.8) is 0 Å². The number of anilines is 1. The van der Waals surface area contributed by atoms with E-state index in [-0.39, 0.29) is 51.1 Å². The normalized spacial score (nSPS) is 18.6. The Morgan fingerprint density at radius 3 is 2.73 bits per heavy atom. The molecule has 1 saturated heterocycles. The molecule has 1 unspecified atom stereocenters. The maximum absolute atomic E-state index is 13.1. The molecule has 5 N–H and O–H groups in total. The van der Waals surface area contributed by atoms with Crippen LogP contribution in [0.25, 0.3) is 0 Å². The standard InChI is InChI=1S/C22H19ClN6O7S4/c1-3-4-36-28-13(12-16(23)40-21(24)27-12)17(32)26-14-18(33)29-15(20(34)35)9(6-37-19(14)29)7-38-22-25-8(2)10(39-22)5-11(30)31/h1,14,19H,4-7H2,2H3,(H2,24,27)(H,26,32)(H,30,31)(H,34,35)/t14?,19-/m1/s1. The first-order valence-electron chi connectivity index (χ1n) is 11.1. The van der Waals surface area contributed by atoms with Crippen LogP contribution in [0.15, 0.2) is 20.8 Å². The van der Waals surface area contributed by atoms with E-state index >= 15 is 0 Å². The lowest BCUT2D eigenvalue weighted by molar-refractivity contribution is -0.150. The van der Waals surface area contributed by atoms with Crippen molar-refractivity contribution in [2.45, 2.75) is 29.1 Å². The molecular formula is C22H19ClN6O7S4. The van der Waals surface area contributed by atoms with Crippen LogP contribution in [0.3, 0.4) is 0 Å². The fourth-order valence-corrected chi connectivity index (χ4v) is 8.34. The van der Waals surface area contributed by atoms with E-state index in [9.17, 15) is 24.3 Å². The van der Waals surface area contributed by atoms with Gasteiger partial charge >= 0.3 is 11.9 Å². The maximum atomic E-state index is 13.1. The highest BCUT2D eigenvalue weighted by Gasteiger charge is 2.54. The topological polar surface area (TPSA) is 197 Å². The maximum Gasteiger partial charge on any atom is 0.352 e. The number of aryl methyl sites for hydroxylation is 1. The van der Waals surface area contributed by atoms with Crippen LogP contribution in [0.5, 0.6) is 0 Å². The summed E-state index contributed by atoms with van der Waals surface area (Å²) in [4.78, 5) is 64.4. The molecule has 2 aromatic rings. The molecule has 2 aliphatic rings. The highest BCUT2D eigenvalue weighted by Crippen LogP contribution is 2.42. The third kappa shape index (κ3) is 6.20. The number of carbonyl (C=O) groups is 4. The zero-order chi connectivity index (χ0) is 29.1. The van der Waals surface area contributed by atoms with Crippen molar-refractivity contribution in [3.05, 3.63) is 31.9 Å². The van der Waals surface area contributed by atoms with Gasteiger partial charge in [-0.3, -0.25) is 19.3 Å².